The Hall–Kier alpha value is -2.12. The third kappa shape index (κ3) is 5.02. The van der Waals surface area contributed by atoms with Crippen LogP contribution in [0.4, 0.5) is 0 Å². The first-order chi connectivity index (χ1) is 13.4. The maximum atomic E-state index is 12.8. The number of hydrogen-bond donors (Lipinski definition) is 3. The summed E-state index contributed by atoms with van der Waals surface area (Å²) in [6.45, 7) is -0.114. The molecule has 0 unspecified atom stereocenters. The molecular weight excluding hydrogens is 362 g/mol. The molecule has 0 atom stereocenters. The first-order valence-electron chi connectivity index (χ1n) is 10.3. The zero-order chi connectivity index (χ0) is 20.1. The minimum absolute atomic E-state index is 0.143. The van der Waals surface area contributed by atoms with Gasteiger partial charge in [0.2, 0.25) is 11.8 Å². The van der Waals surface area contributed by atoms with Crippen LogP contribution in [0.3, 0.4) is 0 Å². The second kappa shape index (κ2) is 8.92. The number of carbonyl (C=O) groups excluding carboxylic acids is 4. The van der Waals surface area contributed by atoms with Crippen molar-refractivity contribution in [2.45, 2.75) is 51.4 Å². The van der Waals surface area contributed by atoms with Crippen LogP contribution in [0.5, 0.6) is 0 Å². The number of hydrogen-bond acceptors (Lipinski definition) is 5. The lowest BCUT2D eigenvalue weighted by atomic mass is 9.49. The third-order valence-corrected chi connectivity index (χ3v) is 6.45. The number of ether oxygens (including phenoxy) is 1. The highest BCUT2D eigenvalue weighted by Crippen LogP contribution is 2.60. The molecule has 4 bridgehead atoms. The van der Waals surface area contributed by atoms with E-state index < -0.39 is 18.5 Å². The second-order valence-electron chi connectivity index (χ2n) is 8.67. The Bertz CT molecular complexity index is 598. The maximum Gasteiger partial charge on any atom is 0.306 e. The van der Waals surface area contributed by atoms with E-state index in [1.54, 1.807) is 0 Å². The number of nitrogens with one attached hydrogen (secondary N) is 3. The van der Waals surface area contributed by atoms with E-state index in [0.29, 0.717) is 13.0 Å². The quantitative estimate of drug-likeness (QED) is 0.390. The van der Waals surface area contributed by atoms with Crippen molar-refractivity contribution in [3.05, 3.63) is 0 Å². The largest absolute Gasteiger partial charge is 0.456 e. The molecule has 8 nitrogen and oxygen atoms in total. The van der Waals surface area contributed by atoms with Crippen LogP contribution >= 0.6 is 0 Å². The van der Waals surface area contributed by atoms with Crippen LogP contribution in [-0.4, -0.2) is 50.4 Å². The van der Waals surface area contributed by atoms with Gasteiger partial charge in [0.1, 0.15) is 0 Å². The Morgan fingerprint density at radius 1 is 0.929 bits per heavy atom. The van der Waals surface area contributed by atoms with Crippen molar-refractivity contribution in [2.24, 2.45) is 23.2 Å². The summed E-state index contributed by atoms with van der Waals surface area (Å²) in [6.07, 6.45) is 7.61. The van der Waals surface area contributed by atoms with Gasteiger partial charge < -0.3 is 20.7 Å². The molecule has 156 valence electrons. The summed E-state index contributed by atoms with van der Waals surface area (Å²) in [7, 11) is 1.47. The fraction of sp³-hybridized carbons (Fsp3) is 0.800. The summed E-state index contributed by atoms with van der Waals surface area (Å²) in [5.41, 5.74) is -0.169. The molecule has 0 radical (unpaired) electrons. The van der Waals surface area contributed by atoms with Gasteiger partial charge in [-0.1, -0.05) is 0 Å². The van der Waals surface area contributed by atoms with Crippen LogP contribution in [0.1, 0.15) is 51.4 Å². The van der Waals surface area contributed by atoms with Gasteiger partial charge in [0, 0.05) is 25.4 Å². The van der Waals surface area contributed by atoms with Crippen molar-refractivity contribution < 1.29 is 23.9 Å². The minimum atomic E-state index is -0.521. The van der Waals surface area contributed by atoms with Gasteiger partial charge in [-0.2, -0.15) is 0 Å². The molecular formula is C20H31N3O5. The van der Waals surface area contributed by atoms with Crippen LogP contribution in [0, 0.1) is 23.2 Å². The van der Waals surface area contributed by atoms with Crippen molar-refractivity contribution in [1.29, 1.82) is 0 Å². The van der Waals surface area contributed by atoms with Crippen molar-refractivity contribution in [3.63, 3.8) is 0 Å². The maximum absolute atomic E-state index is 12.8. The number of carbonyl (C=O) groups is 4. The minimum Gasteiger partial charge on any atom is -0.456 e. The highest BCUT2D eigenvalue weighted by atomic mass is 16.5. The highest BCUT2D eigenvalue weighted by molar-refractivity contribution is 5.86. The van der Waals surface area contributed by atoms with Gasteiger partial charge in [0.05, 0.1) is 6.54 Å². The SMILES string of the molecule is CNC(=O)CNC(=O)COC(=O)CCCNC(=O)C12CC3CC(CC(C3)C1)C2. The molecule has 4 aliphatic carbocycles. The topological polar surface area (TPSA) is 114 Å². The van der Waals surface area contributed by atoms with Gasteiger partial charge in [0.15, 0.2) is 6.61 Å². The lowest BCUT2D eigenvalue weighted by molar-refractivity contribution is -0.149. The van der Waals surface area contributed by atoms with Gasteiger partial charge >= 0.3 is 5.97 Å². The zero-order valence-corrected chi connectivity index (χ0v) is 16.6. The number of likely N-dealkylation sites (N-methyl/N-ethyl adjacent to an activating group) is 1. The summed E-state index contributed by atoms with van der Waals surface area (Å²) in [6, 6.07) is 0. The van der Waals surface area contributed by atoms with E-state index in [0.717, 1.165) is 37.0 Å². The first-order valence-corrected chi connectivity index (χ1v) is 10.3. The van der Waals surface area contributed by atoms with Crippen LogP contribution < -0.4 is 16.0 Å². The van der Waals surface area contributed by atoms with Gasteiger partial charge in [-0.3, -0.25) is 19.2 Å². The molecule has 0 aromatic rings. The lowest BCUT2D eigenvalue weighted by Gasteiger charge is -2.55. The van der Waals surface area contributed by atoms with Gasteiger partial charge in [0.25, 0.3) is 5.91 Å². The van der Waals surface area contributed by atoms with E-state index in [1.807, 2.05) is 0 Å². The average Bonchev–Trinajstić information content (AvgIpc) is 2.66. The monoisotopic (exact) mass is 393 g/mol. The van der Waals surface area contributed by atoms with E-state index in [4.69, 9.17) is 4.74 Å². The van der Waals surface area contributed by atoms with E-state index in [9.17, 15) is 19.2 Å². The normalized spacial score (nSPS) is 29.8. The summed E-state index contributed by atoms with van der Waals surface area (Å²) < 4.78 is 4.88. The van der Waals surface area contributed by atoms with Gasteiger partial charge in [-0.15, -0.1) is 0 Å². The molecule has 0 aromatic carbocycles. The van der Waals surface area contributed by atoms with Crippen molar-refractivity contribution in [2.75, 3.05) is 26.7 Å². The molecule has 3 N–H and O–H groups in total. The molecule has 4 aliphatic rings. The predicted molar refractivity (Wildman–Crippen MR) is 101 cm³/mol. The number of esters is 1. The fourth-order valence-electron chi connectivity index (χ4n) is 5.55. The van der Waals surface area contributed by atoms with Crippen molar-refractivity contribution in [3.8, 4) is 0 Å². The lowest BCUT2D eigenvalue weighted by Crippen LogP contribution is -2.53. The Morgan fingerprint density at radius 3 is 2.11 bits per heavy atom. The third-order valence-electron chi connectivity index (χ3n) is 6.45. The van der Waals surface area contributed by atoms with E-state index in [2.05, 4.69) is 16.0 Å². The van der Waals surface area contributed by atoms with Gasteiger partial charge in [-0.05, 0) is 62.7 Å². The summed E-state index contributed by atoms with van der Waals surface area (Å²) >= 11 is 0. The van der Waals surface area contributed by atoms with E-state index in [1.165, 1.54) is 26.3 Å². The van der Waals surface area contributed by atoms with Crippen molar-refractivity contribution >= 4 is 23.7 Å². The summed E-state index contributed by atoms with van der Waals surface area (Å²) in [5.74, 6) is 0.999. The highest BCUT2D eigenvalue weighted by Gasteiger charge is 2.54. The molecule has 0 aromatic heterocycles. The second-order valence-corrected chi connectivity index (χ2v) is 8.67. The van der Waals surface area contributed by atoms with E-state index >= 15 is 0 Å². The predicted octanol–water partition coefficient (Wildman–Crippen LogP) is 0.505. The smallest absolute Gasteiger partial charge is 0.306 e. The van der Waals surface area contributed by atoms with Gasteiger partial charge in [-0.25, -0.2) is 0 Å². The number of amides is 3. The molecule has 28 heavy (non-hydrogen) atoms. The summed E-state index contributed by atoms with van der Waals surface area (Å²) in [4.78, 5) is 47.0. The molecule has 8 heteroatoms. The number of rotatable bonds is 9. The average molecular weight is 393 g/mol. The first kappa shape index (κ1) is 20.6. The molecule has 0 saturated heterocycles. The molecule has 4 rings (SSSR count). The Labute approximate surface area is 165 Å². The summed E-state index contributed by atoms with van der Waals surface area (Å²) in [5, 5.41) is 7.75. The Kier molecular flexibility index (Phi) is 6.57. The van der Waals surface area contributed by atoms with Crippen LogP contribution in [-0.2, 0) is 23.9 Å². The molecule has 0 heterocycles. The standard InChI is InChI=1S/C20H31N3O5/c1-21-16(24)11-23-17(25)12-28-18(26)3-2-4-22-19(27)20-8-13-5-14(9-20)7-15(6-13)10-20/h13-15H,2-12H2,1H3,(H,21,24)(H,22,27)(H,23,25). The van der Waals surface area contributed by atoms with Crippen LogP contribution in [0.15, 0.2) is 0 Å². The van der Waals surface area contributed by atoms with Crippen LogP contribution in [0.2, 0.25) is 0 Å². The van der Waals surface area contributed by atoms with Crippen LogP contribution in [0.25, 0.3) is 0 Å². The Balaban J connectivity index is 1.29. The molecule has 0 spiro atoms. The van der Waals surface area contributed by atoms with E-state index in [-0.39, 0.29) is 30.2 Å². The fourth-order valence-corrected chi connectivity index (χ4v) is 5.55. The molecule has 4 saturated carbocycles. The molecule has 4 fully saturated rings. The Morgan fingerprint density at radius 2 is 1.54 bits per heavy atom. The zero-order valence-electron chi connectivity index (χ0n) is 16.6. The molecule has 3 amide bonds. The van der Waals surface area contributed by atoms with Crippen molar-refractivity contribution in [1.82, 2.24) is 16.0 Å². The molecule has 0 aliphatic heterocycles.